The molecule has 1 amide bonds. The lowest BCUT2D eigenvalue weighted by Gasteiger charge is -2.12. The van der Waals surface area contributed by atoms with Gasteiger partial charge in [0.2, 0.25) is 5.91 Å². The fourth-order valence-electron chi connectivity index (χ4n) is 2.01. The van der Waals surface area contributed by atoms with Crippen LogP contribution in [-0.2, 0) is 11.2 Å². The van der Waals surface area contributed by atoms with Crippen LogP contribution >= 0.6 is 12.2 Å². The SMILES string of the molecule is CCc1ccccc1NC(=O)CNC(=S)Nc1ccc(F)cc1. The van der Waals surface area contributed by atoms with E-state index in [0.717, 1.165) is 17.7 Å². The first-order valence-corrected chi connectivity index (χ1v) is 7.67. The number of hydrogen-bond acceptors (Lipinski definition) is 2. The lowest BCUT2D eigenvalue weighted by atomic mass is 10.1. The van der Waals surface area contributed by atoms with E-state index in [-0.39, 0.29) is 18.3 Å². The molecule has 0 radical (unpaired) electrons. The van der Waals surface area contributed by atoms with E-state index in [1.807, 2.05) is 31.2 Å². The standard InChI is InChI=1S/C17H18FN3OS/c1-2-12-5-3-4-6-15(12)21-16(22)11-19-17(23)20-14-9-7-13(18)8-10-14/h3-10H,2,11H2,1H3,(H,21,22)(H2,19,20,23). The summed E-state index contributed by atoms with van der Waals surface area (Å²) in [5.41, 5.74) is 2.53. The van der Waals surface area contributed by atoms with Crippen molar-refractivity contribution < 1.29 is 9.18 Å². The molecule has 0 aliphatic carbocycles. The van der Waals surface area contributed by atoms with Gasteiger partial charge in [0.15, 0.2) is 5.11 Å². The fraction of sp³-hybridized carbons (Fsp3) is 0.176. The number of carbonyl (C=O) groups is 1. The average molecular weight is 331 g/mol. The molecule has 3 N–H and O–H groups in total. The Morgan fingerprint density at radius 1 is 1.09 bits per heavy atom. The van der Waals surface area contributed by atoms with Gasteiger partial charge >= 0.3 is 0 Å². The number of halogens is 1. The molecule has 2 aromatic carbocycles. The molecular formula is C17H18FN3OS. The number of benzene rings is 2. The molecule has 0 atom stereocenters. The van der Waals surface area contributed by atoms with Crippen LogP contribution in [0.2, 0.25) is 0 Å². The van der Waals surface area contributed by atoms with Crippen LogP contribution in [0.15, 0.2) is 48.5 Å². The van der Waals surface area contributed by atoms with Gasteiger partial charge < -0.3 is 16.0 Å². The number of hydrogen-bond donors (Lipinski definition) is 3. The normalized spacial score (nSPS) is 10.0. The minimum atomic E-state index is -0.316. The molecule has 2 aromatic rings. The minimum Gasteiger partial charge on any atom is -0.353 e. The van der Waals surface area contributed by atoms with Gasteiger partial charge in [-0.05, 0) is 54.5 Å². The van der Waals surface area contributed by atoms with Gasteiger partial charge in [0.25, 0.3) is 0 Å². The van der Waals surface area contributed by atoms with Gasteiger partial charge in [-0.25, -0.2) is 4.39 Å². The van der Waals surface area contributed by atoms with Crippen LogP contribution in [0.4, 0.5) is 15.8 Å². The molecule has 2 rings (SSSR count). The topological polar surface area (TPSA) is 53.2 Å². The number of carbonyl (C=O) groups excluding carboxylic acids is 1. The molecule has 0 bridgehead atoms. The Labute approximate surface area is 140 Å². The number of rotatable bonds is 5. The molecule has 6 heteroatoms. The first-order valence-electron chi connectivity index (χ1n) is 7.26. The van der Waals surface area contributed by atoms with Crippen molar-refractivity contribution in [3.05, 3.63) is 59.9 Å². The van der Waals surface area contributed by atoms with E-state index >= 15 is 0 Å². The second-order valence-electron chi connectivity index (χ2n) is 4.87. The van der Waals surface area contributed by atoms with Gasteiger partial charge in [0, 0.05) is 11.4 Å². The highest BCUT2D eigenvalue weighted by Gasteiger charge is 2.06. The Balaban J connectivity index is 1.82. The van der Waals surface area contributed by atoms with Gasteiger partial charge in [0.05, 0.1) is 6.54 Å². The first kappa shape index (κ1) is 16.9. The van der Waals surface area contributed by atoms with Crippen molar-refractivity contribution in [3.8, 4) is 0 Å². The molecule has 0 spiro atoms. The highest BCUT2D eigenvalue weighted by Crippen LogP contribution is 2.15. The number of nitrogens with one attached hydrogen (secondary N) is 3. The summed E-state index contributed by atoms with van der Waals surface area (Å²) in [6, 6.07) is 13.5. The molecular weight excluding hydrogens is 313 g/mol. The Morgan fingerprint density at radius 3 is 2.48 bits per heavy atom. The predicted molar refractivity (Wildman–Crippen MR) is 95.1 cm³/mol. The number of aryl methyl sites for hydroxylation is 1. The van der Waals surface area contributed by atoms with Gasteiger partial charge in [-0.1, -0.05) is 25.1 Å². The van der Waals surface area contributed by atoms with E-state index < -0.39 is 0 Å². The first-order chi connectivity index (χ1) is 11.1. The quantitative estimate of drug-likeness (QED) is 0.736. The van der Waals surface area contributed by atoms with Crippen molar-refractivity contribution in [2.45, 2.75) is 13.3 Å². The van der Waals surface area contributed by atoms with E-state index in [9.17, 15) is 9.18 Å². The van der Waals surface area contributed by atoms with Crippen LogP contribution in [0.3, 0.4) is 0 Å². The van der Waals surface area contributed by atoms with Gasteiger partial charge in [0.1, 0.15) is 5.82 Å². The number of anilines is 2. The maximum Gasteiger partial charge on any atom is 0.243 e. The van der Waals surface area contributed by atoms with E-state index in [4.69, 9.17) is 12.2 Å². The maximum absolute atomic E-state index is 12.8. The summed E-state index contributed by atoms with van der Waals surface area (Å²) in [6.45, 7) is 2.08. The van der Waals surface area contributed by atoms with E-state index in [1.54, 1.807) is 12.1 Å². The van der Waals surface area contributed by atoms with Crippen LogP contribution < -0.4 is 16.0 Å². The molecule has 4 nitrogen and oxygen atoms in total. The van der Waals surface area contributed by atoms with Crippen molar-refractivity contribution in [1.29, 1.82) is 0 Å². The second-order valence-corrected chi connectivity index (χ2v) is 5.28. The van der Waals surface area contributed by atoms with Gasteiger partial charge in [-0.2, -0.15) is 0 Å². The number of thiocarbonyl (C=S) groups is 1. The molecule has 23 heavy (non-hydrogen) atoms. The molecule has 0 aliphatic heterocycles. The van der Waals surface area contributed by atoms with Crippen molar-refractivity contribution >= 4 is 34.6 Å². The van der Waals surface area contributed by atoms with Crippen molar-refractivity contribution in [3.63, 3.8) is 0 Å². The summed E-state index contributed by atoms with van der Waals surface area (Å²) < 4.78 is 12.8. The number of amides is 1. The summed E-state index contributed by atoms with van der Waals surface area (Å²) >= 11 is 5.10. The summed E-state index contributed by atoms with van der Waals surface area (Å²) in [5.74, 6) is -0.502. The summed E-state index contributed by atoms with van der Waals surface area (Å²) in [5, 5.41) is 8.85. The third-order valence-corrected chi connectivity index (χ3v) is 3.43. The monoisotopic (exact) mass is 331 g/mol. The summed E-state index contributed by atoms with van der Waals surface area (Å²) in [7, 11) is 0. The van der Waals surface area contributed by atoms with Crippen molar-refractivity contribution in [2.24, 2.45) is 0 Å². The highest BCUT2D eigenvalue weighted by atomic mass is 32.1. The smallest absolute Gasteiger partial charge is 0.243 e. The van der Waals surface area contributed by atoms with Crippen molar-refractivity contribution in [1.82, 2.24) is 5.32 Å². The zero-order valence-corrected chi connectivity index (χ0v) is 13.5. The predicted octanol–water partition coefficient (Wildman–Crippen LogP) is 3.31. The molecule has 0 fully saturated rings. The van der Waals surface area contributed by atoms with Crippen molar-refractivity contribution in [2.75, 3.05) is 17.2 Å². The fourth-order valence-corrected chi connectivity index (χ4v) is 2.20. The van der Waals surface area contributed by atoms with Crippen LogP contribution in [0.1, 0.15) is 12.5 Å². The third-order valence-electron chi connectivity index (χ3n) is 3.18. The largest absolute Gasteiger partial charge is 0.353 e. The third kappa shape index (κ3) is 5.34. The van der Waals surface area contributed by atoms with E-state index in [2.05, 4.69) is 16.0 Å². The molecule has 0 saturated heterocycles. The Kier molecular flexibility index (Phi) is 6.05. The number of para-hydroxylation sites is 1. The maximum atomic E-state index is 12.8. The highest BCUT2D eigenvalue weighted by molar-refractivity contribution is 7.80. The van der Waals surface area contributed by atoms with E-state index in [1.165, 1.54) is 12.1 Å². The van der Waals surface area contributed by atoms with Crippen LogP contribution in [-0.4, -0.2) is 17.6 Å². The minimum absolute atomic E-state index is 0.0467. The average Bonchev–Trinajstić information content (AvgIpc) is 2.55. The zero-order chi connectivity index (χ0) is 16.7. The molecule has 0 saturated carbocycles. The molecule has 0 unspecified atom stereocenters. The Bertz CT molecular complexity index is 688. The molecule has 0 aliphatic rings. The Morgan fingerprint density at radius 2 is 1.78 bits per heavy atom. The van der Waals surface area contributed by atoms with Crippen LogP contribution in [0.5, 0.6) is 0 Å². The summed E-state index contributed by atoms with van der Waals surface area (Å²) in [4.78, 5) is 12.0. The van der Waals surface area contributed by atoms with Gasteiger partial charge in [-0.3, -0.25) is 4.79 Å². The second kappa shape index (κ2) is 8.24. The summed E-state index contributed by atoms with van der Waals surface area (Å²) in [6.07, 6.45) is 0.842. The van der Waals surface area contributed by atoms with E-state index in [0.29, 0.717) is 10.8 Å². The zero-order valence-electron chi connectivity index (χ0n) is 12.7. The molecule has 0 heterocycles. The lowest BCUT2D eigenvalue weighted by Crippen LogP contribution is -2.35. The van der Waals surface area contributed by atoms with Crippen LogP contribution in [0.25, 0.3) is 0 Å². The molecule has 0 aromatic heterocycles. The lowest BCUT2D eigenvalue weighted by molar-refractivity contribution is -0.115. The van der Waals surface area contributed by atoms with Crippen LogP contribution in [0, 0.1) is 5.82 Å². The molecule has 120 valence electrons. The van der Waals surface area contributed by atoms with Gasteiger partial charge in [-0.15, -0.1) is 0 Å². The Hall–Kier alpha value is -2.47.